The average Bonchev–Trinajstić information content (AvgIpc) is 2.60. The number of carbonyl (C=O) groups excluding carboxylic acids is 1. The van der Waals surface area contributed by atoms with E-state index in [2.05, 4.69) is 27.7 Å². The molecule has 4 N–H and O–H groups in total. The minimum absolute atomic E-state index is 0. The van der Waals surface area contributed by atoms with Gasteiger partial charge < -0.3 is 15.7 Å². The van der Waals surface area contributed by atoms with E-state index in [-0.39, 0.29) is 28.9 Å². The van der Waals surface area contributed by atoms with Gasteiger partial charge >= 0.3 is 5.97 Å². The molecule has 0 radical (unpaired) electrons. The SMILES string of the molecule is CC1CCC(C2CCC(C(=O)OC3CC(C)C(C)C(C)C3)CC2)CC1.O.O. The molecule has 0 aromatic heterocycles. The van der Waals surface area contributed by atoms with E-state index in [1.165, 1.54) is 38.5 Å². The Morgan fingerprint density at radius 1 is 0.704 bits per heavy atom. The third-order valence-electron chi connectivity index (χ3n) is 8.18. The highest BCUT2D eigenvalue weighted by atomic mass is 16.5. The number of carbonyl (C=O) groups is 1. The molecular formula is C23H44O4. The van der Waals surface area contributed by atoms with Gasteiger partial charge in [-0.3, -0.25) is 4.79 Å². The molecular weight excluding hydrogens is 340 g/mol. The lowest BCUT2D eigenvalue weighted by molar-refractivity contribution is -0.159. The van der Waals surface area contributed by atoms with E-state index in [1.807, 2.05) is 0 Å². The fraction of sp³-hybridized carbons (Fsp3) is 0.957. The van der Waals surface area contributed by atoms with Gasteiger partial charge in [-0.25, -0.2) is 0 Å². The van der Waals surface area contributed by atoms with E-state index in [0.717, 1.165) is 49.4 Å². The Balaban J connectivity index is 0.00000182. The largest absolute Gasteiger partial charge is 0.462 e. The second kappa shape index (κ2) is 10.8. The van der Waals surface area contributed by atoms with Crippen molar-refractivity contribution in [3.8, 4) is 0 Å². The molecule has 3 rings (SSSR count). The van der Waals surface area contributed by atoms with Crippen LogP contribution in [0.25, 0.3) is 0 Å². The quantitative estimate of drug-likeness (QED) is 0.666. The zero-order valence-electron chi connectivity index (χ0n) is 18.0. The van der Waals surface area contributed by atoms with Gasteiger partial charge in [0.15, 0.2) is 0 Å². The predicted molar refractivity (Wildman–Crippen MR) is 110 cm³/mol. The topological polar surface area (TPSA) is 89.3 Å². The normalized spacial score (nSPS) is 42.4. The first-order valence-corrected chi connectivity index (χ1v) is 11.1. The lowest BCUT2D eigenvalue weighted by Gasteiger charge is -2.39. The molecule has 3 saturated carbocycles. The van der Waals surface area contributed by atoms with Crippen molar-refractivity contribution in [2.24, 2.45) is 41.4 Å². The first-order valence-electron chi connectivity index (χ1n) is 11.1. The Labute approximate surface area is 166 Å². The van der Waals surface area contributed by atoms with Crippen molar-refractivity contribution >= 4 is 5.97 Å². The second-order valence-corrected chi connectivity index (χ2v) is 9.98. The molecule has 4 heteroatoms. The molecule has 3 aliphatic rings. The second-order valence-electron chi connectivity index (χ2n) is 9.98. The van der Waals surface area contributed by atoms with Crippen molar-refractivity contribution in [3.05, 3.63) is 0 Å². The van der Waals surface area contributed by atoms with Gasteiger partial charge in [-0.05, 0) is 86.9 Å². The maximum Gasteiger partial charge on any atom is 0.309 e. The third-order valence-corrected chi connectivity index (χ3v) is 8.18. The Hall–Kier alpha value is -0.610. The molecule has 2 atom stereocenters. The van der Waals surface area contributed by atoms with Gasteiger partial charge in [0.05, 0.1) is 5.92 Å². The van der Waals surface area contributed by atoms with Crippen LogP contribution in [0.15, 0.2) is 0 Å². The van der Waals surface area contributed by atoms with Crippen molar-refractivity contribution in [2.45, 2.75) is 98.0 Å². The lowest BCUT2D eigenvalue weighted by Crippen LogP contribution is -2.36. The zero-order valence-corrected chi connectivity index (χ0v) is 18.0. The van der Waals surface area contributed by atoms with Gasteiger partial charge in [0, 0.05) is 0 Å². The zero-order chi connectivity index (χ0) is 18.0. The van der Waals surface area contributed by atoms with Crippen LogP contribution in [0.3, 0.4) is 0 Å². The summed E-state index contributed by atoms with van der Waals surface area (Å²) in [6.45, 7) is 9.38. The van der Waals surface area contributed by atoms with Crippen LogP contribution in [0.5, 0.6) is 0 Å². The molecule has 0 bridgehead atoms. The minimum atomic E-state index is 0. The summed E-state index contributed by atoms with van der Waals surface area (Å²) in [6, 6.07) is 0. The number of hydrogen-bond acceptors (Lipinski definition) is 2. The highest BCUT2D eigenvalue weighted by Gasteiger charge is 2.36. The first-order chi connectivity index (χ1) is 11.9. The summed E-state index contributed by atoms with van der Waals surface area (Å²) >= 11 is 0. The average molecular weight is 385 g/mol. The molecule has 4 nitrogen and oxygen atoms in total. The van der Waals surface area contributed by atoms with Gasteiger partial charge in [0.1, 0.15) is 6.10 Å². The third kappa shape index (κ3) is 6.19. The Morgan fingerprint density at radius 3 is 1.63 bits per heavy atom. The highest BCUT2D eigenvalue weighted by Crippen LogP contribution is 2.42. The molecule has 27 heavy (non-hydrogen) atoms. The van der Waals surface area contributed by atoms with Gasteiger partial charge in [-0.15, -0.1) is 0 Å². The van der Waals surface area contributed by atoms with Crippen LogP contribution >= 0.6 is 0 Å². The van der Waals surface area contributed by atoms with Crippen molar-refractivity contribution < 1.29 is 20.5 Å². The van der Waals surface area contributed by atoms with Crippen LogP contribution in [0, 0.1) is 41.4 Å². The molecule has 0 saturated heterocycles. The molecule has 160 valence electrons. The molecule has 3 aliphatic carbocycles. The fourth-order valence-electron chi connectivity index (χ4n) is 5.86. The highest BCUT2D eigenvalue weighted by molar-refractivity contribution is 5.72. The minimum Gasteiger partial charge on any atom is -0.462 e. The van der Waals surface area contributed by atoms with Crippen molar-refractivity contribution in [1.29, 1.82) is 0 Å². The van der Waals surface area contributed by atoms with Crippen LogP contribution in [0.2, 0.25) is 0 Å². The van der Waals surface area contributed by atoms with E-state index in [4.69, 9.17) is 4.74 Å². The molecule has 0 aliphatic heterocycles. The van der Waals surface area contributed by atoms with Crippen LogP contribution in [-0.2, 0) is 9.53 Å². The van der Waals surface area contributed by atoms with Crippen LogP contribution in [-0.4, -0.2) is 23.0 Å². The van der Waals surface area contributed by atoms with Gasteiger partial charge in [0.25, 0.3) is 0 Å². The molecule has 0 spiro atoms. The Bertz CT molecular complexity index is 424. The molecule has 3 fully saturated rings. The van der Waals surface area contributed by atoms with Crippen LogP contribution in [0.4, 0.5) is 0 Å². The Kier molecular flexibility index (Phi) is 9.77. The van der Waals surface area contributed by atoms with E-state index in [0.29, 0.717) is 11.8 Å². The van der Waals surface area contributed by atoms with E-state index < -0.39 is 0 Å². The van der Waals surface area contributed by atoms with Crippen molar-refractivity contribution in [3.63, 3.8) is 0 Å². The summed E-state index contributed by atoms with van der Waals surface area (Å²) in [7, 11) is 0. The van der Waals surface area contributed by atoms with Crippen LogP contribution < -0.4 is 0 Å². The summed E-state index contributed by atoms with van der Waals surface area (Å²) in [5.74, 6) is 5.16. The first kappa shape index (κ1) is 24.4. The summed E-state index contributed by atoms with van der Waals surface area (Å²) in [6.07, 6.45) is 12.7. The summed E-state index contributed by atoms with van der Waals surface area (Å²) in [4.78, 5) is 12.7. The number of hydrogen-bond donors (Lipinski definition) is 0. The molecule has 0 amide bonds. The predicted octanol–water partition coefficient (Wildman–Crippen LogP) is 4.58. The van der Waals surface area contributed by atoms with Crippen LogP contribution in [0.1, 0.15) is 91.9 Å². The Morgan fingerprint density at radius 2 is 1.15 bits per heavy atom. The van der Waals surface area contributed by atoms with E-state index in [9.17, 15) is 4.79 Å². The molecule has 0 aromatic carbocycles. The lowest BCUT2D eigenvalue weighted by atomic mass is 9.69. The standard InChI is InChI=1S/C23H40O2.2H2O/c1-15-5-7-19(8-6-15)20-9-11-21(12-10-20)23(24)25-22-13-16(2)18(4)17(3)14-22;;/h15-22H,5-14H2,1-4H3;2*1H2. The van der Waals surface area contributed by atoms with Crippen molar-refractivity contribution in [1.82, 2.24) is 0 Å². The fourth-order valence-corrected chi connectivity index (χ4v) is 5.86. The summed E-state index contributed by atoms with van der Waals surface area (Å²) < 4.78 is 5.98. The number of rotatable bonds is 3. The number of esters is 1. The maximum absolute atomic E-state index is 12.7. The van der Waals surface area contributed by atoms with Gasteiger partial charge in [-0.2, -0.15) is 0 Å². The van der Waals surface area contributed by atoms with Gasteiger partial charge in [-0.1, -0.05) is 40.5 Å². The molecule has 0 aromatic rings. The van der Waals surface area contributed by atoms with E-state index in [1.54, 1.807) is 0 Å². The maximum atomic E-state index is 12.7. The summed E-state index contributed by atoms with van der Waals surface area (Å²) in [5.41, 5.74) is 0. The van der Waals surface area contributed by atoms with E-state index >= 15 is 0 Å². The van der Waals surface area contributed by atoms with Crippen molar-refractivity contribution in [2.75, 3.05) is 0 Å². The summed E-state index contributed by atoms with van der Waals surface area (Å²) in [5, 5.41) is 0. The smallest absolute Gasteiger partial charge is 0.309 e. The number of ether oxygens (including phenoxy) is 1. The molecule has 0 heterocycles. The molecule has 2 unspecified atom stereocenters. The monoisotopic (exact) mass is 384 g/mol. The van der Waals surface area contributed by atoms with Gasteiger partial charge in [0.2, 0.25) is 0 Å².